The van der Waals surface area contributed by atoms with Gasteiger partial charge in [-0.1, -0.05) is 36.4 Å². The van der Waals surface area contributed by atoms with Gasteiger partial charge in [0.1, 0.15) is 5.69 Å². The molecule has 3 aromatic heterocycles. The molecule has 0 radical (unpaired) electrons. The summed E-state index contributed by atoms with van der Waals surface area (Å²) in [6.07, 6.45) is 3.11. The van der Waals surface area contributed by atoms with Crippen molar-refractivity contribution in [2.75, 3.05) is 13.1 Å². The van der Waals surface area contributed by atoms with E-state index in [0.29, 0.717) is 5.92 Å². The first-order valence-electron chi connectivity index (χ1n) is 9.44. The van der Waals surface area contributed by atoms with Crippen molar-refractivity contribution >= 4 is 17.0 Å². The third-order valence-electron chi connectivity index (χ3n) is 5.47. The molecule has 1 aliphatic heterocycles. The summed E-state index contributed by atoms with van der Waals surface area (Å²) in [5.74, 6) is 0.495. The maximum Gasteiger partial charge on any atom is 0.158 e. The second-order valence-corrected chi connectivity index (χ2v) is 8.21. The molecule has 27 heavy (non-hydrogen) atoms. The fraction of sp³-hybridized carbons (Fsp3) is 0.273. The Morgan fingerprint density at radius 1 is 1.11 bits per heavy atom. The van der Waals surface area contributed by atoms with Crippen LogP contribution < -0.4 is 0 Å². The van der Waals surface area contributed by atoms with Crippen molar-refractivity contribution in [2.24, 2.45) is 0 Å². The monoisotopic (exact) mass is 374 g/mol. The van der Waals surface area contributed by atoms with Crippen LogP contribution in [0, 0.1) is 6.92 Å². The summed E-state index contributed by atoms with van der Waals surface area (Å²) in [5.41, 5.74) is 5.87. The molecule has 1 aliphatic rings. The minimum atomic E-state index is 0.495. The molecule has 5 rings (SSSR count). The number of rotatable bonds is 4. The van der Waals surface area contributed by atoms with Crippen LogP contribution in [0.1, 0.15) is 29.2 Å². The molecule has 1 saturated heterocycles. The lowest BCUT2D eigenvalue weighted by atomic mass is 10.0. The molecular formula is C22H22N4S. The van der Waals surface area contributed by atoms with E-state index in [0.717, 1.165) is 31.0 Å². The minimum Gasteiger partial charge on any atom is -0.298 e. The van der Waals surface area contributed by atoms with Gasteiger partial charge in [0.2, 0.25) is 0 Å². The van der Waals surface area contributed by atoms with Crippen molar-refractivity contribution in [3.8, 4) is 10.6 Å². The number of aromatic nitrogens is 3. The number of aryl methyl sites for hydroxylation is 1. The van der Waals surface area contributed by atoms with Crippen LogP contribution in [0.15, 0.2) is 60.1 Å². The fourth-order valence-electron chi connectivity index (χ4n) is 4.09. The Balaban J connectivity index is 1.44. The molecule has 136 valence electrons. The van der Waals surface area contributed by atoms with Crippen LogP contribution in [0.3, 0.4) is 0 Å². The molecule has 1 fully saturated rings. The van der Waals surface area contributed by atoms with Gasteiger partial charge in [-0.2, -0.15) is 5.10 Å². The van der Waals surface area contributed by atoms with Crippen LogP contribution >= 0.6 is 11.3 Å². The molecule has 1 aromatic carbocycles. The number of thiophene rings is 1. The van der Waals surface area contributed by atoms with Gasteiger partial charge in [0.05, 0.1) is 10.6 Å². The van der Waals surface area contributed by atoms with Crippen molar-refractivity contribution in [2.45, 2.75) is 25.8 Å². The lowest BCUT2D eigenvalue weighted by Gasteiger charge is -2.16. The Morgan fingerprint density at radius 3 is 2.81 bits per heavy atom. The number of hydrogen-bond acceptors (Lipinski definition) is 4. The molecule has 5 heteroatoms. The van der Waals surface area contributed by atoms with Gasteiger partial charge >= 0.3 is 0 Å². The first-order chi connectivity index (χ1) is 13.3. The summed E-state index contributed by atoms with van der Waals surface area (Å²) in [5, 5.41) is 7.06. The summed E-state index contributed by atoms with van der Waals surface area (Å²) >= 11 is 1.73. The Hall–Kier alpha value is -2.50. The highest BCUT2D eigenvalue weighted by atomic mass is 32.1. The lowest BCUT2D eigenvalue weighted by molar-refractivity contribution is 0.326. The highest BCUT2D eigenvalue weighted by Gasteiger charge is 2.27. The predicted molar refractivity (Wildman–Crippen MR) is 110 cm³/mol. The highest BCUT2D eigenvalue weighted by molar-refractivity contribution is 7.13. The Labute approximate surface area is 163 Å². The zero-order valence-corrected chi connectivity index (χ0v) is 16.2. The maximum absolute atomic E-state index is 4.95. The third kappa shape index (κ3) is 3.07. The smallest absolute Gasteiger partial charge is 0.158 e. The molecule has 4 nitrogen and oxygen atoms in total. The molecule has 4 heterocycles. The Bertz CT molecular complexity index is 1050. The van der Waals surface area contributed by atoms with E-state index in [1.165, 1.54) is 28.1 Å². The Morgan fingerprint density at radius 2 is 2.00 bits per heavy atom. The van der Waals surface area contributed by atoms with Gasteiger partial charge in [-0.05, 0) is 43.0 Å². The molecule has 0 N–H and O–H groups in total. The standard InChI is InChI=1S/C22H22N4S/c1-16-21(20-8-5-13-27-20)24-26-19(9-11-23-22(16)26)18-10-12-25(15-18)14-17-6-3-2-4-7-17/h2-9,11,13,18H,10,12,14-15H2,1H3/t18-/m1/s1. The second-order valence-electron chi connectivity index (χ2n) is 7.26. The number of hydrogen-bond donors (Lipinski definition) is 0. The van der Waals surface area contributed by atoms with E-state index < -0.39 is 0 Å². The molecule has 1 atom stereocenters. The largest absolute Gasteiger partial charge is 0.298 e. The summed E-state index contributed by atoms with van der Waals surface area (Å²) in [6, 6.07) is 17.1. The van der Waals surface area contributed by atoms with E-state index >= 15 is 0 Å². The lowest BCUT2D eigenvalue weighted by Crippen LogP contribution is -2.20. The summed E-state index contributed by atoms with van der Waals surface area (Å²) in [6.45, 7) is 5.34. The minimum absolute atomic E-state index is 0.495. The molecule has 4 aromatic rings. The number of nitrogens with zero attached hydrogens (tertiary/aromatic N) is 4. The number of likely N-dealkylation sites (tertiary alicyclic amines) is 1. The van der Waals surface area contributed by atoms with E-state index in [-0.39, 0.29) is 0 Å². The van der Waals surface area contributed by atoms with Crippen molar-refractivity contribution in [1.82, 2.24) is 19.5 Å². The van der Waals surface area contributed by atoms with Gasteiger partial charge in [0.15, 0.2) is 5.65 Å². The molecule has 0 unspecified atom stereocenters. The summed E-state index contributed by atoms with van der Waals surface area (Å²) < 4.78 is 2.08. The third-order valence-corrected chi connectivity index (χ3v) is 6.35. The van der Waals surface area contributed by atoms with E-state index in [1.54, 1.807) is 11.3 Å². The maximum atomic E-state index is 4.95. The van der Waals surface area contributed by atoms with Gasteiger partial charge in [0, 0.05) is 30.8 Å². The quantitative estimate of drug-likeness (QED) is 0.517. The van der Waals surface area contributed by atoms with Gasteiger partial charge < -0.3 is 0 Å². The van der Waals surface area contributed by atoms with Crippen molar-refractivity contribution in [3.63, 3.8) is 0 Å². The van der Waals surface area contributed by atoms with Gasteiger partial charge in [0.25, 0.3) is 0 Å². The highest BCUT2D eigenvalue weighted by Crippen LogP contribution is 2.32. The number of fused-ring (bicyclic) bond motifs is 1. The van der Waals surface area contributed by atoms with Crippen LogP contribution in [0.4, 0.5) is 0 Å². The molecular weight excluding hydrogens is 352 g/mol. The fourth-order valence-corrected chi connectivity index (χ4v) is 4.86. The van der Waals surface area contributed by atoms with E-state index in [2.05, 4.69) is 75.2 Å². The van der Waals surface area contributed by atoms with Crippen molar-refractivity contribution in [1.29, 1.82) is 0 Å². The van der Waals surface area contributed by atoms with Crippen LogP contribution in [0.2, 0.25) is 0 Å². The van der Waals surface area contributed by atoms with Gasteiger partial charge in [-0.3, -0.25) is 4.90 Å². The van der Waals surface area contributed by atoms with Crippen LogP contribution in [0.5, 0.6) is 0 Å². The molecule has 0 spiro atoms. The van der Waals surface area contributed by atoms with Crippen LogP contribution in [-0.4, -0.2) is 32.6 Å². The molecule has 0 saturated carbocycles. The summed E-state index contributed by atoms with van der Waals surface area (Å²) in [7, 11) is 0. The topological polar surface area (TPSA) is 33.4 Å². The van der Waals surface area contributed by atoms with E-state index in [9.17, 15) is 0 Å². The van der Waals surface area contributed by atoms with Gasteiger partial charge in [-0.15, -0.1) is 11.3 Å². The Kier molecular flexibility index (Phi) is 4.26. The SMILES string of the molecule is Cc1c(-c2cccs2)nn2c([C@@H]3CCN(Cc4ccccc4)C3)ccnc12. The van der Waals surface area contributed by atoms with Crippen molar-refractivity contribution < 1.29 is 0 Å². The van der Waals surface area contributed by atoms with Crippen molar-refractivity contribution in [3.05, 3.63) is 76.9 Å². The first-order valence-corrected chi connectivity index (χ1v) is 10.3. The molecule has 0 aliphatic carbocycles. The zero-order chi connectivity index (χ0) is 18.2. The van der Waals surface area contributed by atoms with Gasteiger partial charge in [-0.25, -0.2) is 9.50 Å². The molecule has 0 amide bonds. The van der Waals surface area contributed by atoms with Crippen LogP contribution in [0.25, 0.3) is 16.2 Å². The number of benzene rings is 1. The van der Waals surface area contributed by atoms with Crippen LogP contribution in [-0.2, 0) is 6.54 Å². The molecule has 0 bridgehead atoms. The first kappa shape index (κ1) is 16.7. The zero-order valence-electron chi connectivity index (χ0n) is 15.4. The second kappa shape index (κ2) is 6.91. The van der Waals surface area contributed by atoms with E-state index in [1.807, 2.05) is 6.20 Å². The summed E-state index contributed by atoms with van der Waals surface area (Å²) in [4.78, 5) is 8.38. The normalized spacial score (nSPS) is 17.7. The average molecular weight is 375 g/mol. The average Bonchev–Trinajstić information content (AvgIpc) is 3.43. The van der Waals surface area contributed by atoms with E-state index in [4.69, 9.17) is 5.10 Å². The predicted octanol–water partition coefficient (Wildman–Crippen LogP) is 4.76.